The molecule has 2 N–H and O–H groups in total. The Labute approximate surface area is 155 Å². The normalized spacial score (nSPS) is 27.9. The molecule has 0 bridgehead atoms. The monoisotopic (exact) mass is 384 g/mol. The Hall–Kier alpha value is -1.19. The van der Waals surface area contributed by atoms with Gasteiger partial charge in [0, 0.05) is 44.2 Å². The van der Waals surface area contributed by atoms with Crippen molar-refractivity contribution < 1.29 is 23.4 Å². The number of nitrogens with zero attached hydrogens (tertiary/aromatic N) is 2. The van der Waals surface area contributed by atoms with E-state index in [1.165, 1.54) is 10.6 Å². The van der Waals surface area contributed by atoms with E-state index in [1.807, 2.05) is 24.3 Å². The summed E-state index contributed by atoms with van der Waals surface area (Å²) in [6, 6.07) is 7.73. The highest BCUT2D eigenvalue weighted by Crippen LogP contribution is 2.37. The molecule has 8 heteroatoms. The van der Waals surface area contributed by atoms with Crippen molar-refractivity contribution in [3.8, 4) is 5.75 Å². The quantitative estimate of drug-likeness (QED) is 0.732. The van der Waals surface area contributed by atoms with Crippen LogP contribution in [0.2, 0.25) is 0 Å². The summed E-state index contributed by atoms with van der Waals surface area (Å²) in [6.07, 6.45) is 2.37. The van der Waals surface area contributed by atoms with Crippen molar-refractivity contribution in [2.24, 2.45) is 5.92 Å². The van der Waals surface area contributed by atoms with Crippen molar-refractivity contribution in [2.45, 2.75) is 25.0 Å². The minimum absolute atomic E-state index is 0.0333. The highest BCUT2D eigenvalue weighted by atomic mass is 32.2. The summed E-state index contributed by atoms with van der Waals surface area (Å²) in [4.78, 5) is 2.24. The Morgan fingerprint density at radius 3 is 2.69 bits per heavy atom. The second kappa shape index (κ2) is 7.82. The van der Waals surface area contributed by atoms with E-state index in [0.29, 0.717) is 39.0 Å². The van der Waals surface area contributed by atoms with Crippen molar-refractivity contribution in [1.82, 2.24) is 9.21 Å². The minimum Gasteiger partial charge on any atom is -0.491 e. The van der Waals surface area contributed by atoms with Crippen molar-refractivity contribution in [3.05, 3.63) is 29.8 Å². The Kier molecular flexibility index (Phi) is 5.88. The van der Waals surface area contributed by atoms with Crippen LogP contribution in [-0.4, -0.2) is 79.1 Å². The van der Waals surface area contributed by atoms with Crippen LogP contribution >= 0.6 is 0 Å². The van der Waals surface area contributed by atoms with E-state index in [2.05, 4.69) is 4.90 Å². The third-order valence-electron chi connectivity index (χ3n) is 5.50. The van der Waals surface area contributed by atoms with Crippen LogP contribution in [0.15, 0.2) is 24.3 Å². The van der Waals surface area contributed by atoms with Gasteiger partial charge < -0.3 is 14.9 Å². The second-order valence-electron chi connectivity index (χ2n) is 7.34. The summed E-state index contributed by atoms with van der Waals surface area (Å²) in [6.45, 7) is 3.07. The summed E-state index contributed by atoms with van der Waals surface area (Å²) in [7, 11) is -3.24. The summed E-state index contributed by atoms with van der Waals surface area (Å²) < 4.78 is 30.8. The lowest BCUT2D eigenvalue weighted by atomic mass is 9.76. The fraction of sp³-hybridized carbons (Fsp3) is 0.667. The number of hydrogen-bond donors (Lipinski definition) is 2. The van der Waals surface area contributed by atoms with E-state index in [0.717, 1.165) is 17.9 Å². The highest BCUT2D eigenvalue weighted by molar-refractivity contribution is 7.88. The van der Waals surface area contributed by atoms with Crippen molar-refractivity contribution in [3.63, 3.8) is 0 Å². The fourth-order valence-electron chi connectivity index (χ4n) is 3.96. The fourth-order valence-corrected chi connectivity index (χ4v) is 4.83. The number of benzene rings is 1. The van der Waals surface area contributed by atoms with Gasteiger partial charge in [0.25, 0.3) is 0 Å². The van der Waals surface area contributed by atoms with E-state index in [4.69, 9.17) is 9.84 Å². The van der Waals surface area contributed by atoms with Gasteiger partial charge in [-0.15, -0.1) is 0 Å². The van der Waals surface area contributed by atoms with Gasteiger partial charge in [-0.2, -0.15) is 0 Å². The first kappa shape index (κ1) is 19.6. The molecule has 3 rings (SSSR count). The first-order valence-corrected chi connectivity index (χ1v) is 10.9. The van der Waals surface area contributed by atoms with Crippen LogP contribution in [0.3, 0.4) is 0 Å². The first-order valence-electron chi connectivity index (χ1n) is 9.03. The number of hydrogen-bond acceptors (Lipinski definition) is 6. The predicted octanol–water partition coefficient (Wildman–Crippen LogP) is 0.276. The molecule has 7 nitrogen and oxygen atoms in total. The molecular formula is C18H28N2O5S. The average Bonchev–Trinajstić information content (AvgIpc) is 2.60. The van der Waals surface area contributed by atoms with Crippen LogP contribution in [0.25, 0.3) is 0 Å². The largest absolute Gasteiger partial charge is 0.491 e. The molecule has 1 aromatic carbocycles. The third kappa shape index (κ3) is 4.37. The van der Waals surface area contributed by atoms with Crippen molar-refractivity contribution in [2.75, 3.05) is 45.6 Å². The van der Waals surface area contributed by atoms with Gasteiger partial charge in [-0.1, -0.05) is 18.2 Å². The van der Waals surface area contributed by atoms with E-state index < -0.39 is 15.6 Å². The zero-order valence-electron chi connectivity index (χ0n) is 15.2. The van der Waals surface area contributed by atoms with Gasteiger partial charge in [-0.3, -0.25) is 4.90 Å². The van der Waals surface area contributed by atoms with Gasteiger partial charge in [-0.25, -0.2) is 12.7 Å². The second-order valence-corrected chi connectivity index (χ2v) is 9.32. The molecule has 0 saturated carbocycles. The van der Waals surface area contributed by atoms with Crippen molar-refractivity contribution >= 4 is 10.0 Å². The van der Waals surface area contributed by atoms with Crippen LogP contribution in [0, 0.1) is 5.92 Å². The molecular weight excluding hydrogens is 356 g/mol. The summed E-state index contributed by atoms with van der Waals surface area (Å²) >= 11 is 0. The third-order valence-corrected chi connectivity index (χ3v) is 6.77. The van der Waals surface area contributed by atoms with E-state index in [1.54, 1.807) is 0 Å². The van der Waals surface area contributed by atoms with Gasteiger partial charge in [0.05, 0.1) is 18.5 Å². The SMILES string of the molecule is CS(=O)(=O)N1CC[C@]2(O)CCN(Cc3ccccc3OCCO)C[C@@H]2C1. The number of aliphatic hydroxyl groups excluding tert-OH is 1. The molecule has 2 saturated heterocycles. The summed E-state index contributed by atoms with van der Waals surface area (Å²) in [5, 5.41) is 19.9. The minimum atomic E-state index is -3.24. The maximum absolute atomic E-state index is 11.9. The summed E-state index contributed by atoms with van der Waals surface area (Å²) in [5.74, 6) is 0.661. The Bertz CT molecular complexity index is 726. The van der Waals surface area contributed by atoms with Crippen LogP contribution in [0.1, 0.15) is 18.4 Å². The lowest BCUT2D eigenvalue weighted by molar-refractivity contribution is -0.103. The molecule has 0 amide bonds. The molecule has 146 valence electrons. The number of ether oxygens (including phenoxy) is 1. The molecule has 1 aromatic rings. The smallest absolute Gasteiger partial charge is 0.211 e. The van der Waals surface area contributed by atoms with Crippen molar-refractivity contribution in [1.29, 1.82) is 0 Å². The predicted molar refractivity (Wildman–Crippen MR) is 98.4 cm³/mol. The number of sulfonamides is 1. The summed E-state index contributed by atoms with van der Waals surface area (Å²) in [5.41, 5.74) is 0.257. The highest BCUT2D eigenvalue weighted by Gasteiger charge is 2.46. The van der Waals surface area contributed by atoms with E-state index in [9.17, 15) is 13.5 Å². The lowest BCUT2D eigenvalue weighted by Gasteiger charge is -2.49. The number of rotatable bonds is 6. The van der Waals surface area contributed by atoms with E-state index >= 15 is 0 Å². The molecule has 2 fully saturated rings. The van der Waals surface area contributed by atoms with Crippen LogP contribution < -0.4 is 4.74 Å². The zero-order chi connectivity index (χ0) is 18.8. The number of aliphatic hydroxyl groups is 2. The van der Waals surface area contributed by atoms with Gasteiger partial charge >= 0.3 is 0 Å². The molecule has 2 aliphatic heterocycles. The molecule has 0 radical (unpaired) electrons. The Balaban J connectivity index is 1.69. The molecule has 26 heavy (non-hydrogen) atoms. The first-order chi connectivity index (χ1) is 12.3. The van der Waals surface area contributed by atoms with Crippen LogP contribution in [0.5, 0.6) is 5.75 Å². The van der Waals surface area contributed by atoms with Gasteiger partial charge in [-0.05, 0) is 18.9 Å². The Morgan fingerprint density at radius 2 is 1.96 bits per heavy atom. The molecule has 0 aromatic heterocycles. The number of para-hydroxylation sites is 1. The molecule has 2 atom stereocenters. The van der Waals surface area contributed by atoms with Gasteiger partial charge in [0.2, 0.25) is 10.0 Å². The Morgan fingerprint density at radius 1 is 1.23 bits per heavy atom. The van der Waals surface area contributed by atoms with Gasteiger partial charge in [0.1, 0.15) is 12.4 Å². The molecule has 0 spiro atoms. The lowest BCUT2D eigenvalue weighted by Crippen LogP contribution is -2.60. The molecule has 0 unspecified atom stereocenters. The number of fused-ring (bicyclic) bond motifs is 1. The van der Waals surface area contributed by atoms with Crippen LogP contribution in [-0.2, 0) is 16.6 Å². The number of piperidine rings is 2. The maximum atomic E-state index is 11.9. The van der Waals surface area contributed by atoms with Crippen LogP contribution in [0.4, 0.5) is 0 Å². The molecule has 0 aliphatic carbocycles. The maximum Gasteiger partial charge on any atom is 0.211 e. The number of likely N-dealkylation sites (tertiary alicyclic amines) is 1. The molecule has 2 aliphatic rings. The van der Waals surface area contributed by atoms with Gasteiger partial charge in [0.15, 0.2) is 0 Å². The standard InChI is InChI=1S/C18H28N2O5S/c1-26(23,24)20-9-7-18(22)6-8-19(13-16(18)14-20)12-15-4-2-3-5-17(15)25-11-10-21/h2-5,16,21-22H,6-14H2,1H3/t16-,18-/m1/s1. The molecule has 2 heterocycles. The topological polar surface area (TPSA) is 90.3 Å². The van der Waals surface area contributed by atoms with E-state index in [-0.39, 0.29) is 19.1 Å². The zero-order valence-corrected chi connectivity index (χ0v) is 16.0. The average molecular weight is 384 g/mol.